The van der Waals surface area contributed by atoms with Crippen LogP contribution >= 0.6 is 11.3 Å². The van der Waals surface area contributed by atoms with Crippen LogP contribution in [0.4, 0.5) is 0 Å². The maximum absolute atomic E-state index is 14.6. The van der Waals surface area contributed by atoms with Gasteiger partial charge in [0.2, 0.25) is 21.8 Å². The van der Waals surface area contributed by atoms with Crippen molar-refractivity contribution in [1.29, 1.82) is 0 Å². The van der Waals surface area contributed by atoms with Crippen molar-refractivity contribution in [3.8, 4) is 10.9 Å². The average molecular weight is 734 g/mol. The molecule has 1 saturated heterocycles. The molecule has 1 N–H and O–H groups in total. The highest BCUT2D eigenvalue weighted by Crippen LogP contribution is 2.57. The standard InChI is InChI=1S/C39H47N3O7S2/c1-25-10-9-11-26(18-25)19-27-12-7-5-4-6-8-13-28-22-39(28,36(45)41-51(46,47)38(2)16-17-38)23-33(43)32-20-30(24-42(32)35(27)44)49-37-40-31-15-14-29(48-3)21-34(31)50-37/h8-11,13-15,18,21,27-28,30,32H,4-7,12,16-17,19-20,22-24H2,1-3H3,(H,41,45)/b13-8-/t27-,28+,30-,32+,39-/m1/s1. The van der Waals surface area contributed by atoms with E-state index in [1.807, 2.05) is 49.4 Å². The van der Waals surface area contributed by atoms with E-state index in [0.29, 0.717) is 43.0 Å². The Kier molecular flexibility index (Phi) is 9.77. The van der Waals surface area contributed by atoms with Gasteiger partial charge in [-0.2, -0.15) is 0 Å². The Morgan fingerprint density at radius 3 is 2.71 bits per heavy atom. The van der Waals surface area contributed by atoms with E-state index in [0.717, 1.165) is 47.0 Å². The van der Waals surface area contributed by atoms with Gasteiger partial charge in [-0.1, -0.05) is 66.2 Å². The first kappa shape index (κ1) is 35.6. The largest absolute Gasteiger partial charge is 0.497 e. The van der Waals surface area contributed by atoms with Crippen LogP contribution in [0.15, 0.2) is 54.6 Å². The van der Waals surface area contributed by atoms with Crippen LogP contribution in [0, 0.1) is 24.2 Å². The summed E-state index contributed by atoms with van der Waals surface area (Å²) in [5.74, 6) is -0.807. The Labute approximate surface area is 304 Å². The molecule has 10 nitrogen and oxygen atoms in total. The van der Waals surface area contributed by atoms with E-state index >= 15 is 0 Å². The zero-order valence-corrected chi connectivity index (χ0v) is 31.2. The molecule has 3 heterocycles. The Bertz CT molecular complexity index is 1970. The summed E-state index contributed by atoms with van der Waals surface area (Å²) in [7, 11) is -2.28. The molecule has 2 saturated carbocycles. The smallest absolute Gasteiger partial charge is 0.274 e. The summed E-state index contributed by atoms with van der Waals surface area (Å²) in [4.78, 5) is 49.3. The first-order valence-corrected chi connectivity index (χ1v) is 20.4. The number of methoxy groups -OCH3 is 1. The van der Waals surface area contributed by atoms with E-state index in [4.69, 9.17) is 9.47 Å². The van der Waals surface area contributed by atoms with E-state index in [1.54, 1.807) is 18.9 Å². The van der Waals surface area contributed by atoms with Gasteiger partial charge in [0.15, 0.2) is 5.78 Å². The third-order valence-corrected chi connectivity index (χ3v) is 14.4. The lowest BCUT2D eigenvalue weighted by atomic mass is 9.89. The van der Waals surface area contributed by atoms with Crippen molar-refractivity contribution in [1.82, 2.24) is 14.6 Å². The summed E-state index contributed by atoms with van der Waals surface area (Å²) >= 11 is 1.38. The van der Waals surface area contributed by atoms with Crippen LogP contribution in [-0.2, 0) is 30.8 Å². The molecule has 0 unspecified atom stereocenters. The number of aromatic nitrogens is 1. The van der Waals surface area contributed by atoms with E-state index in [-0.39, 0.29) is 42.9 Å². The highest BCUT2D eigenvalue weighted by atomic mass is 32.2. The number of sulfonamides is 1. The van der Waals surface area contributed by atoms with Crippen LogP contribution < -0.4 is 14.2 Å². The van der Waals surface area contributed by atoms with Gasteiger partial charge in [-0.3, -0.25) is 19.1 Å². The molecule has 4 aliphatic rings. The Morgan fingerprint density at radius 2 is 1.94 bits per heavy atom. The summed E-state index contributed by atoms with van der Waals surface area (Å²) < 4.78 is 40.4. The normalized spacial score (nSPS) is 28.6. The maximum Gasteiger partial charge on any atom is 0.274 e. The van der Waals surface area contributed by atoms with Crippen LogP contribution in [0.2, 0.25) is 0 Å². The zero-order chi connectivity index (χ0) is 36.0. The minimum absolute atomic E-state index is 0.0851. The molecule has 1 aromatic heterocycles. The maximum atomic E-state index is 14.6. The average Bonchev–Trinajstić information content (AvgIpc) is 3.91. The molecule has 3 fully saturated rings. The quantitative estimate of drug-likeness (QED) is 0.267. The number of amides is 2. The number of aryl methyl sites for hydroxylation is 1. The number of benzene rings is 2. The number of carbonyl (C=O) groups excluding carboxylic acids is 3. The first-order chi connectivity index (χ1) is 24.4. The van der Waals surface area contributed by atoms with Gasteiger partial charge in [0.25, 0.3) is 5.19 Å². The minimum atomic E-state index is -3.89. The number of nitrogens with one attached hydrogen (secondary N) is 1. The van der Waals surface area contributed by atoms with Crippen LogP contribution in [0.25, 0.3) is 10.2 Å². The molecular weight excluding hydrogens is 687 g/mol. The summed E-state index contributed by atoms with van der Waals surface area (Å²) in [6.07, 6.45) is 9.91. The first-order valence-electron chi connectivity index (χ1n) is 18.1. The lowest BCUT2D eigenvalue weighted by molar-refractivity contribution is -0.142. The SMILES string of the molecule is COc1ccc2nc(O[C@@H]3C[C@H]4C(=O)C[C@]5(C(=O)NS(=O)(=O)C6(C)CC6)C[C@@H]5/C=C\CCCCC[C@H](Cc5cccc(C)c5)C(=O)N4C3)sc2c1. The van der Waals surface area contributed by atoms with Gasteiger partial charge in [0.05, 0.1) is 40.1 Å². The highest BCUT2D eigenvalue weighted by Gasteiger charge is 2.62. The number of ketones is 1. The van der Waals surface area contributed by atoms with Gasteiger partial charge in [-0.15, -0.1) is 0 Å². The van der Waals surface area contributed by atoms with Crippen LogP contribution in [0.3, 0.4) is 0 Å². The predicted octanol–water partition coefficient (Wildman–Crippen LogP) is 6.30. The number of fused-ring (bicyclic) bond motifs is 3. The molecule has 7 rings (SSSR count). The molecule has 0 spiro atoms. The van der Waals surface area contributed by atoms with Crippen molar-refractivity contribution in [2.45, 2.75) is 101 Å². The molecule has 0 radical (unpaired) electrons. The molecular formula is C39H47N3O7S2. The van der Waals surface area contributed by atoms with Crippen LogP contribution in [0.1, 0.15) is 82.3 Å². The molecule has 0 bridgehead atoms. The van der Waals surface area contributed by atoms with Crippen molar-refractivity contribution in [2.75, 3.05) is 13.7 Å². The second kappa shape index (κ2) is 14.0. The number of Topliss-reactive ketones (excluding diaryl/α,β-unsaturated/α-hetero) is 1. The number of nitrogens with zero attached hydrogens (tertiary/aromatic N) is 2. The lowest BCUT2D eigenvalue weighted by Gasteiger charge is -2.29. The van der Waals surface area contributed by atoms with Crippen LogP contribution in [0.5, 0.6) is 10.9 Å². The molecule has 5 atom stereocenters. The fourth-order valence-electron chi connectivity index (χ4n) is 7.75. The Balaban J connectivity index is 1.18. The van der Waals surface area contributed by atoms with Crippen molar-refractivity contribution in [2.24, 2.45) is 17.3 Å². The topological polar surface area (TPSA) is 132 Å². The Morgan fingerprint density at radius 1 is 1.12 bits per heavy atom. The van der Waals surface area contributed by atoms with Gasteiger partial charge >= 0.3 is 0 Å². The molecule has 2 aliphatic carbocycles. The lowest BCUT2D eigenvalue weighted by Crippen LogP contribution is -2.47. The van der Waals surface area contributed by atoms with Crippen LogP contribution in [-0.4, -0.2) is 66.4 Å². The number of allylic oxidation sites excluding steroid dienone is 2. The summed E-state index contributed by atoms with van der Waals surface area (Å²) in [6, 6.07) is 13.0. The molecule has 51 heavy (non-hydrogen) atoms. The van der Waals surface area contributed by atoms with E-state index in [2.05, 4.69) is 21.8 Å². The Hall–Kier alpha value is -3.77. The third-order valence-electron chi connectivity index (χ3n) is 11.4. The second-order valence-corrected chi connectivity index (χ2v) is 18.4. The number of thiazole rings is 1. The van der Waals surface area contributed by atoms with Gasteiger partial charge in [0.1, 0.15) is 11.9 Å². The van der Waals surface area contributed by atoms with Gasteiger partial charge in [0, 0.05) is 18.8 Å². The zero-order valence-electron chi connectivity index (χ0n) is 29.6. The molecule has 2 aromatic carbocycles. The third kappa shape index (κ3) is 7.44. The fraction of sp³-hybridized carbons (Fsp3) is 0.538. The molecule has 12 heteroatoms. The molecule has 2 aliphatic heterocycles. The second-order valence-electron chi connectivity index (χ2n) is 15.2. The van der Waals surface area contributed by atoms with Crippen molar-refractivity contribution in [3.05, 3.63) is 65.7 Å². The summed E-state index contributed by atoms with van der Waals surface area (Å²) in [5, 5.41) is 0.448. The number of hydrogen-bond donors (Lipinski definition) is 1. The molecule has 2 amide bonds. The van der Waals surface area contributed by atoms with E-state index < -0.39 is 38.2 Å². The number of hydrogen-bond acceptors (Lipinski definition) is 9. The van der Waals surface area contributed by atoms with Crippen molar-refractivity contribution >= 4 is 49.2 Å². The van der Waals surface area contributed by atoms with Crippen molar-refractivity contribution in [3.63, 3.8) is 0 Å². The number of carbonyl (C=O) groups is 3. The minimum Gasteiger partial charge on any atom is -0.497 e. The van der Waals surface area contributed by atoms with E-state index in [9.17, 15) is 22.8 Å². The summed E-state index contributed by atoms with van der Waals surface area (Å²) in [5.41, 5.74) is 1.80. The van der Waals surface area contributed by atoms with Gasteiger partial charge in [-0.05, 0) is 88.5 Å². The highest BCUT2D eigenvalue weighted by molar-refractivity contribution is 7.91. The monoisotopic (exact) mass is 733 g/mol. The van der Waals surface area contributed by atoms with Gasteiger partial charge in [-0.25, -0.2) is 13.4 Å². The van der Waals surface area contributed by atoms with Crippen molar-refractivity contribution < 1.29 is 32.3 Å². The molecule has 3 aromatic rings. The number of ether oxygens (including phenoxy) is 2. The predicted molar refractivity (Wildman–Crippen MR) is 196 cm³/mol. The fourth-order valence-corrected chi connectivity index (χ4v) is 9.99. The van der Waals surface area contributed by atoms with E-state index in [1.165, 1.54) is 11.3 Å². The summed E-state index contributed by atoms with van der Waals surface area (Å²) in [6.45, 7) is 3.90. The molecule has 272 valence electrons. The van der Waals surface area contributed by atoms with Gasteiger partial charge < -0.3 is 14.4 Å². The number of rotatable bonds is 8.